The summed E-state index contributed by atoms with van der Waals surface area (Å²) in [5, 5.41) is 12.7. The van der Waals surface area contributed by atoms with E-state index in [2.05, 4.69) is 5.32 Å². The second kappa shape index (κ2) is 6.57. The van der Waals surface area contributed by atoms with Crippen LogP contribution in [0.3, 0.4) is 0 Å². The molecule has 0 saturated heterocycles. The molecule has 1 amide bonds. The second-order valence-corrected chi connectivity index (χ2v) is 5.27. The third kappa shape index (κ3) is 4.24. The zero-order valence-corrected chi connectivity index (χ0v) is 11.1. The maximum Gasteiger partial charge on any atom is 0.220 e. The summed E-state index contributed by atoms with van der Waals surface area (Å²) in [4.78, 5) is 11.9. The number of carbonyl (C=O) groups excluding carboxylic acids is 1. The van der Waals surface area contributed by atoms with Crippen LogP contribution in [0.5, 0.6) is 0 Å². The number of benzene rings is 1. The first-order valence-corrected chi connectivity index (χ1v) is 6.97. The predicted octanol–water partition coefficient (Wildman–Crippen LogP) is 1.62. The Morgan fingerprint density at radius 3 is 2.63 bits per heavy atom. The number of anilines is 1. The molecule has 0 heterocycles. The highest BCUT2D eigenvalue weighted by Gasteiger charge is 2.24. The number of aryl methyl sites for hydroxylation is 1. The van der Waals surface area contributed by atoms with Gasteiger partial charge in [-0.25, -0.2) is 0 Å². The van der Waals surface area contributed by atoms with Gasteiger partial charge in [-0.3, -0.25) is 4.79 Å². The monoisotopic (exact) mass is 262 g/mol. The lowest BCUT2D eigenvalue weighted by Gasteiger charge is -2.28. The molecule has 2 atom stereocenters. The molecular weight excluding hydrogens is 240 g/mol. The normalized spacial score (nSPS) is 23.0. The summed E-state index contributed by atoms with van der Waals surface area (Å²) < 4.78 is 0. The first-order valence-electron chi connectivity index (χ1n) is 6.97. The molecule has 4 heteroatoms. The summed E-state index contributed by atoms with van der Waals surface area (Å²) in [6.45, 7) is 0. The molecule has 104 valence electrons. The SMILES string of the molecule is Nc1ccc(CCC(=O)NC2CCCCC2O)cc1. The maximum absolute atomic E-state index is 11.9. The molecule has 2 unspecified atom stereocenters. The van der Waals surface area contributed by atoms with E-state index in [1.165, 1.54) is 0 Å². The van der Waals surface area contributed by atoms with E-state index in [0.717, 1.165) is 36.9 Å². The van der Waals surface area contributed by atoms with Gasteiger partial charge in [0.2, 0.25) is 5.91 Å². The van der Waals surface area contributed by atoms with Gasteiger partial charge in [-0.1, -0.05) is 25.0 Å². The Morgan fingerprint density at radius 2 is 1.95 bits per heavy atom. The molecule has 4 N–H and O–H groups in total. The highest BCUT2D eigenvalue weighted by atomic mass is 16.3. The van der Waals surface area contributed by atoms with Crippen molar-refractivity contribution in [3.63, 3.8) is 0 Å². The first-order chi connectivity index (χ1) is 9.15. The van der Waals surface area contributed by atoms with Gasteiger partial charge in [0, 0.05) is 12.1 Å². The van der Waals surface area contributed by atoms with Crippen molar-refractivity contribution < 1.29 is 9.90 Å². The molecule has 0 radical (unpaired) electrons. The van der Waals surface area contributed by atoms with E-state index >= 15 is 0 Å². The van der Waals surface area contributed by atoms with Gasteiger partial charge in [0.15, 0.2) is 0 Å². The Morgan fingerprint density at radius 1 is 1.26 bits per heavy atom. The van der Waals surface area contributed by atoms with Crippen molar-refractivity contribution in [1.82, 2.24) is 5.32 Å². The van der Waals surface area contributed by atoms with Crippen molar-refractivity contribution in [2.45, 2.75) is 50.7 Å². The number of aliphatic hydroxyl groups excluding tert-OH is 1. The van der Waals surface area contributed by atoms with Crippen LogP contribution < -0.4 is 11.1 Å². The number of amides is 1. The van der Waals surface area contributed by atoms with Gasteiger partial charge in [-0.2, -0.15) is 0 Å². The smallest absolute Gasteiger partial charge is 0.220 e. The number of nitrogens with one attached hydrogen (secondary N) is 1. The van der Waals surface area contributed by atoms with Crippen molar-refractivity contribution in [3.05, 3.63) is 29.8 Å². The average Bonchev–Trinajstić information content (AvgIpc) is 2.41. The average molecular weight is 262 g/mol. The third-order valence-corrected chi connectivity index (χ3v) is 3.70. The van der Waals surface area contributed by atoms with Crippen LogP contribution >= 0.6 is 0 Å². The van der Waals surface area contributed by atoms with E-state index < -0.39 is 0 Å². The lowest BCUT2D eigenvalue weighted by atomic mass is 9.92. The van der Waals surface area contributed by atoms with E-state index in [-0.39, 0.29) is 18.1 Å². The number of rotatable bonds is 4. The minimum absolute atomic E-state index is 0.0165. The topological polar surface area (TPSA) is 75.4 Å². The van der Waals surface area contributed by atoms with Gasteiger partial charge in [-0.15, -0.1) is 0 Å². The van der Waals surface area contributed by atoms with E-state index in [1.54, 1.807) is 0 Å². The Kier molecular flexibility index (Phi) is 4.80. The van der Waals surface area contributed by atoms with Gasteiger partial charge in [-0.05, 0) is 37.0 Å². The van der Waals surface area contributed by atoms with Gasteiger partial charge in [0.05, 0.1) is 12.1 Å². The molecule has 0 spiro atoms. The summed E-state index contributed by atoms with van der Waals surface area (Å²) in [6, 6.07) is 7.51. The number of nitrogens with two attached hydrogens (primary N) is 1. The van der Waals surface area contributed by atoms with Gasteiger partial charge in [0.25, 0.3) is 0 Å². The largest absolute Gasteiger partial charge is 0.399 e. The molecule has 1 aliphatic rings. The standard InChI is InChI=1S/C15H22N2O2/c16-12-8-5-11(6-9-12)7-10-15(19)17-13-3-1-2-4-14(13)18/h5-6,8-9,13-14,18H,1-4,7,10,16H2,(H,17,19). The fourth-order valence-electron chi connectivity index (χ4n) is 2.50. The van der Waals surface area contributed by atoms with Crippen molar-refractivity contribution in [2.24, 2.45) is 0 Å². The number of hydrogen-bond donors (Lipinski definition) is 3. The van der Waals surface area contributed by atoms with Gasteiger partial charge < -0.3 is 16.2 Å². The van der Waals surface area contributed by atoms with Crippen LogP contribution in [0.15, 0.2) is 24.3 Å². The number of nitrogen functional groups attached to an aromatic ring is 1. The Labute approximate surface area is 114 Å². The second-order valence-electron chi connectivity index (χ2n) is 5.27. The van der Waals surface area contributed by atoms with Crippen molar-refractivity contribution >= 4 is 11.6 Å². The first kappa shape index (κ1) is 13.9. The lowest BCUT2D eigenvalue weighted by Crippen LogP contribution is -2.45. The highest BCUT2D eigenvalue weighted by Crippen LogP contribution is 2.18. The van der Waals surface area contributed by atoms with Gasteiger partial charge in [0.1, 0.15) is 0 Å². The molecule has 2 rings (SSSR count). The van der Waals surface area contributed by atoms with Crippen LogP contribution in [0, 0.1) is 0 Å². The van der Waals surface area contributed by atoms with E-state index in [0.29, 0.717) is 12.8 Å². The number of hydrogen-bond acceptors (Lipinski definition) is 3. The van der Waals surface area contributed by atoms with Gasteiger partial charge >= 0.3 is 0 Å². The summed E-state index contributed by atoms with van der Waals surface area (Å²) in [5.41, 5.74) is 7.45. The molecule has 1 aromatic rings. The highest BCUT2D eigenvalue weighted by molar-refractivity contribution is 5.76. The van der Waals surface area contributed by atoms with Crippen LogP contribution in [-0.4, -0.2) is 23.2 Å². The van der Waals surface area contributed by atoms with Crippen LogP contribution in [0.4, 0.5) is 5.69 Å². The van der Waals surface area contributed by atoms with Crippen LogP contribution in [0.2, 0.25) is 0 Å². The Bertz CT molecular complexity index is 417. The molecule has 1 fully saturated rings. The molecule has 0 aliphatic heterocycles. The minimum atomic E-state index is -0.380. The molecule has 4 nitrogen and oxygen atoms in total. The zero-order valence-electron chi connectivity index (χ0n) is 11.1. The summed E-state index contributed by atoms with van der Waals surface area (Å²) in [5.74, 6) is 0.0165. The van der Waals surface area contributed by atoms with Crippen molar-refractivity contribution in [3.8, 4) is 0 Å². The Balaban J connectivity index is 1.76. The van der Waals surface area contributed by atoms with E-state index in [1.807, 2.05) is 24.3 Å². The fraction of sp³-hybridized carbons (Fsp3) is 0.533. The molecule has 0 aromatic heterocycles. The molecule has 1 saturated carbocycles. The van der Waals surface area contributed by atoms with Crippen LogP contribution in [0.25, 0.3) is 0 Å². The molecule has 1 aromatic carbocycles. The maximum atomic E-state index is 11.9. The fourth-order valence-corrected chi connectivity index (χ4v) is 2.50. The molecule has 0 bridgehead atoms. The molecule has 19 heavy (non-hydrogen) atoms. The number of aliphatic hydroxyl groups is 1. The zero-order chi connectivity index (χ0) is 13.7. The summed E-state index contributed by atoms with van der Waals surface area (Å²) in [7, 11) is 0. The van der Waals surface area contributed by atoms with Crippen LogP contribution in [-0.2, 0) is 11.2 Å². The van der Waals surface area contributed by atoms with Crippen molar-refractivity contribution in [2.75, 3.05) is 5.73 Å². The minimum Gasteiger partial charge on any atom is -0.399 e. The van der Waals surface area contributed by atoms with Crippen LogP contribution in [0.1, 0.15) is 37.7 Å². The molecule has 1 aliphatic carbocycles. The quantitative estimate of drug-likeness (QED) is 0.722. The van der Waals surface area contributed by atoms with E-state index in [9.17, 15) is 9.90 Å². The Hall–Kier alpha value is -1.55. The third-order valence-electron chi connectivity index (χ3n) is 3.70. The number of carbonyl (C=O) groups is 1. The van der Waals surface area contributed by atoms with Crippen molar-refractivity contribution in [1.29, 1.82) is 0 Å². The lowest BCUT2D eigenvalue weighted by molar-refractivity contribution is -0.123. The predicted molar refractivity (Wildman–Crippen MR) is 75.6 cm³/mol. The summed E-state index contributed by atoms with van der Waals surface area (Å²) >= 11 is 0. The van der Waals surface area contributed by atoms with E-state index in [4.69, 9.17) is 5.73 Å². The summed E-state index contributed by atoms with van der Waals surface area (Å²) in [6.07, 6.45) is 4.59. The molecular formula is C15H22N2O2.